The SMILES string of the molecule is COc1c(F)cc([N+](=O)[O-])cc1CC(C)(C)N. The Morgan fingerprint density at radius 1 is 1.53 bits per heavy atom. The Bertz CT molecular complexity index is 441. The lowest BCUT2D eigenvalue weighted by atomic mass is 9.95. The molecular weight excluding hydrogens is 227 g/mol. The van der Waals surface area contributed by atoms with E-state index in [1.54, 1.807) is 13.8 Å². The number of halogens is 1. The minimum absolute atomic E-state index is 0.00845. The van der Waals surface area contributed by atoms with E-state index >= 15 is 0 Å². The predicted molar refractivity (Wildman–Crippen MR) is 61.6 cm³/mol. The second-order valence-electron chi connectivity index (χ2n) is 4.54. The summed E-state index contributed by atoms with van der Waals surface area (Å²) in [6.07, 6.45) is 0.286. The fraction of sp³-hybridized carbons (Fsp3) is 0.455. The molecule has 0 aliphatic heterocycles. The van der Waals surface area contributed by atoms with Crippen molar-refractivity contribution >= 4 is 5.69 Å². The molecule has 0 heterocycles. The van der Waals surface area contributed by atoms with Crippen LogP contribution in [0.5, 0.6) is 5.75 Å². The highest BCUT2D eigenvalue weighted by atomic mass is 19.1. The standard InChI is InChI=1S/C11H15FN2O3/c1-11(2,13)6-7-4-8(14(15)16)5-9(12)10(7)17-3/h4-5H,6,13H2,1-3H3. The van der Waals surface area contributed by atoms with Gasteiger partial charge in [0, 0.05) is 17.2 Å². The Kier molecular flexibility index (Phi) is 3.67. The van der Waals surface area contributed by atoms with Crippen molar-refractivity contribution in [2.45, 2.75) is 25.8 Å². The Morgan fingerprint density at radius 2 is 2.12 bits per heavy atom. The van der Waals surface area contributed by atoms with Crippen LogP contribution in [0.4, 0.5) is 10.1 Å². The van der Waals surface area contributed by atoms with Gasteiger partial charge in [-0.3, -0.25) is 10.1 Å². The van der Waals surface area contributed by atoms with Crippen molar-refractivity contribution in [1.29, 1.82) is 0 Å². The van der Waals surface area contributed by atoms with E-state index in [1.165, 1.54) is 13.2 Å². The fourth-order valence-corrected chi connectivity index (χ4v) is 1.59. The molecule has 0 saturated carbocycles. The first-order valence-corrected chi connectivity index (χ1v) is 5.04. The van der Waals surface area contributed by atoms with Crippen molar-refractivity contribution in [1.82, 2.24) is 0 Å². The van der Waals surface area contributed by atoms with Gasteiger partial charge in [-0.05, 0) is 20.3 Å². The first-order valence-electron chi connectivity index (χ1n) is 5.04. The number of nitro benzene ring substituents is 1. The number of rotatable bonds is 4. The lowest BCUT2D eigenvalue weighted by molar-refractivity contribution is -0.385. The number of nitrogens with two attached hydrogens (primary N) is 1. The molecule has 0 amide bonds. The Morgan fingerprint density at radius 3 is 2.53 bits per heavy atom. The molecule has 0 aliphatic carbocycles. The van der Waals surface area contributed by atoms with Gasteiger partial charge < -0.3 is 10.5 Å². The summed E-state index contributed by atoms with van der Waals surface area (Å²) in [7, 11) is 1.32. The topological polar surface area (TPSA) is 78.4 Å². The van der Waals surface area contributed by atoms with Crippen LogP contribution < -0.4 is 10.5 Å². The lowest BCUT2D eigenvalue weighted by Crippen LogP contribution is -2.34. The first kappa shape index (κ1) is 13.4. The summed E-state index contributed by atoms with van der Waals surface area (Å²) in [4.78, 5) is 9.99. The van der Waals surface area contributed by atoms with Crippen molar-refractivity contribution in [3.8, 4) is 5.75 Å². The van der Waals surface area contributed by atoms with Gasteiger partial charge in [-0.25, -0.2) is 4.39 Å². The monoisotopic (exact) mass is 242 g/mol. The molecule has 94 valence electrons. The van der Waals surface area contributed by atoms with Crippen molar-refractivity contribution in [2.75, 3.05) is 7.11 Å². The molecule has 6 heteroatoms. The van der Waals surface area contributed by atoms with Crippen LogP contribution in [0.1, 0.15) is 19.4 Å². The molecule has 0 fully saturated rings. The van der Waals surface area contributed by atoms with Gasteiger partial charge in [0.25, 0.3) is 5.69 Å². The Labute approximate surface area is 98.5 Å². The summed E-state index contributed by atoms with van der Waals surface area (Å²) in [5.41, 5.74) is 5.31. The highest BCUT2D eigenvalue weighted by Gasteiger charge is 2.21. The van der Waals surface area contributed by atoms with Gasteiger partial charge in [-0.15, -0.1) is 0 Å². The molecule has 17 heavy (non-hydrogen) atoms. The lowest BCUT2D eigenvalue weighted by Gasteiger charge is -2.20. The van der Waals surface area contributed by atoms with Crippen molar-refractivity contribution < 1.29 is 14.1 Å². The zero-order chi connectivity index (χ0) is 13.2. The minimum Gasteiger partial charge on any atom is -0.493 e. The van der Waals surface area contributed by atoms with E-state index in [0.29, 0.717) is 5.56 Å². The van der Waals surface area contributed by atoms with Crippen LogP contribution in [0, 0.1) is 15.9 Å². The Balaban J connectivity index is 3.29. The van der Waals surface area contributed by atoms with Gasteiger partial charge in [-0.1, -0.05) is 0 Å². The van der Waals surface area contributed by atoms with Crippen LogP contribution in [-0.4, -0.2) is 17.6 Å². The van der Waals surface area contributed by atoms with Crippen LogP contribution in [0.15, 0.2) is 12.1 Å². The molecular formula is C11H15FN2O3. The van der Waals surface area contributed by atoms with Crippen LogP contribution in [0.3, 0.4) is 0 Å². The van der Waals surface area contributed by atoms with E-state index in [2.05, 4.69) is 0 Å². The van der Waals surface area contributed by atoms with Crippen molar-refractivity contribution in [3.63, 3.8) is 0 Å². The maximum Gasteiger partial charge on any atom is 0.272 e. The summed E-state index contributed by atoms with van der Waals surface area (Å²) in [5, 5.41) is 10.6. The van der Waals surface area contributed by atoms with E-state index < -0.39 is 16.3 Å². The molecule has 2 N–H and O–H groups in total. The highest BCUT2D eigenvalue weighted by Crippen LogP contribution is 2.30. The van der Waals surface area contributed by atoms with Gasteiger partial charge in [0.15, 0.2) is 11.6 Å². The number of nitrogens with zero attached hydrogens (tertiary/aromatic N) is 1. The molecule has 0 spiro atoms. The summed E-state index contributed by atoms with van der Waals surface area (Å²) in [6, 6.07) is 2.13. The van der Waals surface area contributed by atoms with Crippen LogP contribution in [0.25, 0.3) is 0 Å². The van der Waals surface area contributed by atoms with Gasteiger partial charge in [0.05, 0.1) is 18.1 Å². The highest BCUT2D eigenvalue weighted by molar-refractivity contribution is 5.45. The van der Waals surface area contributed by atoms with Gasteiger partial charge in [0.1, 0.15) is 0 Å². The number of ether oxygens (including phenoxy) is 1. The number of benzene rings is 1. The average Bonchev–Trinajstić information content (AvgIpc) is 2.14. The third-order valence-corrected chi connectivity index (χ3v) is 2.17. The molecule has 0 aromatic heterocycles. The third-order valence-electron chi connectivity index (χ3n) is 2.17. The molecule has 1 aromatic rings. The second-order valence-corrected chi connectivity index (χ2v) is 4.54. The zero-order valence-electron chi connectivity index (χ0n) is 9.99. The number of hydrogen-bond acceptors (Lipinski definition) is 4. The Hall–Kier alpha value is -1.69. The minimum atomic E-state index is -0.749. The van der Waals surface area contributed by atoms with Crippen molar-refractivity contribution in [3.05, 3.63) is 33.6 Å². The average molecular weight is 242 g/mol. The van der Waals surface area contributed by atoms with Gasteiger partial charge >= 0.3 is 0 Å². The van der Waals surface area contributed by atoms with E-state index in [4.69, 9.17) is 10.5 Å². The third kappa shape index (κ3) is 3.39. The van der Waals surface area contributed by atoms with Crippen LogP contribution in [-0.2, 0) is 6.42 Å². The van der Waals surface area contributed by atoms with E-state index in [9.17, 15) is 14.5 Å². The predicted octanol–water partition coefficient (Wildman–Crippen LogP) is 2.02. The summed E-state index contributed by atoms with van der Waals surface area (Å²) >= 11 is 0. The molecule has 0 aliphatic rings. The molecule has 5 nitrogen and oxygen atoms in total. The van der Waals surface area contributed by atoms with Gasteiger partial charge in [0.2, 0.25) is 0 Å². The van der Waals surface area contributed by atoms with E-state index in [1.807, 2.05) is 0 Å². The number of non-ortho nitro benzene ring substituents is 1. The smallest absolute Gasteiger partial charge is 0.272 e. The van der Waals surface area contributed by atoms with Crippen LogP contribution >= 0.6 is 0 Å². The molecule has 0 saturated heterocycles. The molecule has 0 bridgehead atoms. The number of hydrogen-bond donors (Lipinski definition) is 1. The molecule has 0 radical (unpaired) electrons. The normalized spacial score (nSPS) is 11.4. The molecule has 1 aromatic carbocycles. The maximum absolute atomic E-state index is 13.6. The molecule has 1 rings (SSSR count). The summed E-state index contributed by atoms with van der Waals surface area (Å²) < 4.78 is 18.5. The maximum atomic E-state index is 13.6. The molecule has 0 atom stereocenters. The summed E-state index contributed by atoms with van der Waals surface area (Å²) in [5.74, 6) is -0.741. The first-order chi connectivity index (χ1) is 7.74. The number of nitro groups is 1. The fourth-order valence-electron chi connectivity index (χ4n) is 1.59. The largest absolute Gasteiger partial charge is 0.493 e. The quantitative estimate of drug-likeness (QED) is 0.647. The summed E-state index contributed by atoms with van der Waals surface area (Å²) in [6.45, 7) is 3.51. The van der Waals surface area contributed by atoms with Crippen molar-refractivity contribution in [2.24, 2.45) is 5.73 Å². The van der Waals surface area contributed by atoms with E-state index in [0.717, 1.165) is 6.07 Å². The zero-order valence-corrected chi connectivity index (χ0v) is 9.99. The van der Waals surface area contributed by atoms with Gasteiger partial charge in [-0.2, -0.15) is 0 Å². The second kappa shape index (κ2) is 4.67. The molecule has 0 unspecified atom stereocenters. The number of methoxy groups -OCH3 is 1. The van der Waals surface area contributed by atoms with Crippen LogP contribution in [0.2, 0.25) is 0 Å². The van der Waals surface area contributed by atoms with E-state index in [-0.39, 0.29) is 17.9 Å².